The molecule has 4 heterocycles. The van der Waals surface area contributed by atoms with E-state index < -0.39 is 12.0 Å². The summed E-state index contributed by atoms with van der Waals surface area (Å²) in [5.41, 5.74) is 2.98. The predicted octanol–water partition coefficient (Wildman–Crippen LogP) is 3.43. The normalized spacial score (nSPS) is 15.2. The third kappa shape index (κ3) is 3.87. The molecule has 0 aliphatic carbocycles. The number of methoxy groups -OCH3 is 1. The number of carbonyl (C=O) groups excluding carboxylic acids is 1. The quantitative estimate of drug-likeness (QED) is 0.340. The van der Waals surface area contributed by atoms with E-state index in [0.717, 1.165) is 20.5 Å². The van der Waals surface area contributed by atoms with Gasteiger partial charge in [-0.3, -0.25) is 4.98 Å². The number of carbonyl (C=O) groups is 1. The Morgan fingerprint density at radius 2 is 2.09 bits per heavy atom. The van der Waals surface area contributed by atoms with Crippen molar-refractivity contribution < 1.29 is 9.53 Å². The Bertz CT molecular complexity index is 1270. The van der Waals surface area contributed by atoms with Crippen molar-refractivity contribution in [3.05, 3.63) is 78.0 Å². The summed E-state index contributed by atoms with van der Waals surface area (Å²) in [6.45, 7) is 0. The van der Waals surface area contributed by atoms with Crippen molar-refractivity contribution in [2.24, 2.45) is 0 Å². The van der Waals surface area contributed by atoms with E-state index in [1.165, 1.54) is 36.5 Å². The van der Waals surface area contributed by atoms with E-state index in [4.69, 9.17) is 4.74 Å². The highest BCUT2D eigenvalue weighted by Gasteiger charge is 2.35. The molecule has 1 aliphatic heterocycles. The first-order valence-corrected chi connectivity index (χ1v) is 11.4. The molecule has 11 heteroatoms. The van der Waals surface area contributed by atoms with Crippen LogP contribution in [-0.2, 0) is 9.53 Å². The lowest BCUT2D eigenvalue weighted by molar-refractivity contribution is -0.136. The maximum absolute atomic E-state index is 12.9. The summed E-state index contributed by atoms with van der Waals surface area (Å²) < 4.78 is 7.58. The number of rotatable bonds is 6. The van der Waals surface area contributed by atoms with Gasteiger partial charge in [0, 0.05) is 29.4 Å². The van der Waals surface area contributed by atoms with Crippen molar-refractivity contribution in [1.29, 1.82) is 0 Å². The minimum atomic E-state index is -0.500. The Hall–Kier alpha value is -3.57. The summed E-state index contributed by atoms with van der Waals surface area (Å²) in [5, 5.41) is 17.0. The van der Waals surface area contributed by atoms with Crippen LogP contribution in [0.15, 0.2) is 76.8 Å². The minimum Gasteiger partial charge on any atom is -0.466 e. The topological polar surface area (TPSA) is 108 Å². The van der Waals surface area contributed by atoms with Gasteiger partial charge in [-0.1, -0.05) is 59.5 Å². The van der Waals surface area contributed by atoms with Gasteiger partial charge in [-0.2, -0.15) is 10.1 Å². The van der Waals surface area contributed by atoms with Crippen LogP contribution >= 0.6 is 23.1 Å². The number of ether oxygens (including phenoxy) is 1. The summed E-state index contributed by atoms with van der Waals surface area (Å²) >= 11 is 3.00. The van der Waals surface area contributed by atoms with Gasteiger partial charge in [0.15, 0.2) is 4.34 Å². The molecule has 4 aromatic rings. The molecule has 9 nitrogen and oxygen atoms in total. The molecule has 3 aromatic heterocycles. The summed E-state index contributed by atoms with van der Waals surface area (Å²) in [6, 6.07) is 13.1. The van der Waals surface area contributed by atoms with E-state index in [2.05, 4.69) is 30.6 Å². The van der Waals surface area contributed by atoms with Crippen LogP contribution in [-0.4, -0.2) is 48.8 Å². The number of esters is 1. The van der Waals surface area contributed by atoms with Crippen LogP contribution in [0.1, 0.15) is 11.6 Å². The van der Waals surface area contributed by atoms with Crippen molar-refractivity contribution in [2.75, 3.05) is 18.2 Å². The second kappa shape index (κ2) is 8.89. The molecule has 0 saturated heterocycles. The average molecular weight is 464 g/mol. The van der Waals surface area contributed by atoms with Crippen molar-refractivity contribution >= 4 is 35.0 Å². The largest absolute Gasteiger partial charge is 0.466 e. The molecule has 1 atom stereocenters. The zero-order valence-electron chi connectivity index (χ0n) is 16.9. The van der Waals surface area contributed by atoms with Gasteiger partial charge in [0.05, 0.1) is 12.7 Å². The van der Waals surface area contributed by atoms with Crippen LogP contribution in [0.2, 0.25) is 0 Å². The Balaban J connectivity index is 1.47. The highest BCUT2D eigenvalue weighted by molar-refractivity contribution is 8.01. The molecule has 0 spiro atoms. The van der Waals surface area contributed by atoms with Crippen LogP contribution in [0.4, 0.5) is 5.95 Å². The van der Waals surface area contributed by atoms with Crippen LogP contribution in [0, 0.1) is 0 Å². The van der Waals surface area contributed by atoms with E-state index in [1.54, 1.807) is 17.1 Å². The highest BCUT2D eigenvalue weighted by Crippen LogP contribution is 2.37. The Labute approximate surface area is 191 Å². The first-order valence-electron chi connectivity index (χ1n) is 9.64. The van der Waals surface area contributed by atoms with E-state index >= 15 is 0 Å². The molecule has 0 saturated carbocycles. The standard InChI is InChI=1S/C21H17N7O2S2/c1-30-19(29)16-15(11-31-21-27-26-18(32-21)13-6-3-2-4-7-13)25-20-23-12-24-28(20)17(16)14-8-5-9-22-10-14/h2-10,12,17H,11H2,1H3,(H,23,24,25). The maximum atomic E-state index is 12.9. The minimum absolute atomic E-state index is 0.439. The number of nitrogens with one attached hydrogen (secondary N) is 1. The second-order valence-corrected chi connectivity index (χ2v) is 8.95. The van der Waals surface area contributed by atoms with E-state index in [0.29, 0.717) is 23.0 Å². The third-order valence-corrected chi connectivity index (χ3v) is 6.98. The lowest BCUT2D eigenvalue weighted by Gasteiger charge is -2.28. The zero-order valence-corrected chi connectivity index (χ0v) is 18.5. The number of benzene rings is 1. The molecule has 0 bridgehead atoms. The number of hydrogen-bond acceptors (Lipinski definition) is 10. The van der Waals surface area contributed by atoms with Crippen molar-refractivity contribution in [3.8, 4) is 10.6 Å². The number of thioether (sulfide) groups is 1. The third-order valence-electron chi connectivity index (χ3n) is 4.85. The fourth-order valence-electron chi connectivity index (χ4n) is 3.42. The molecule has 1 N–H and O–H groups in total. The van der Waals surface area contributed by atoms with E-state index in [-0.39, 0.29) is 0 Å². The number of aromatic nitrogens is 6. The Morgan fingerprint density at radius 3 is 2.88 bits per heavy atom. The van der Waals surface area contributed by atoms with Gasteiger partial charge in [-0.05, 0) is 11.6 Å². The highest BCUT2D eigenvalue weighted by atomic mass is 32.2. The molecule has 160 valence electrons. The van der Waals surface area contributed by atoms with Gasteiger partial charge >= 0.3 is 5.97 Å². The van der Waals surface area contributed by atoms with Crippen LogP contribution in [0.3, 0.4) is 0 Å². The molecule has 0 fully saturated rings. The molecular formula is C21H17N7O2S2. The van der Waals surface area contributed by atoms with E-state index in [1.807, 2.05) is 42.5 Å². The lowest BCUT2D eigenvalue weighted by Crippen LogP contribution is -2.31. The number of pyridine rings is 1. The summed E-state index contributed by atoms with van der Waals surface area (Å²) in [5.74, 6) is 0.562. The summed E-state index contributed by atoms with van der Waals surface area (Å²) in [6.07, 6.45) is 4.85. The SMILES string of the molecule is COC(=O)C1=C(CSc2nnc(-c3ccccc3)s2)Nc2ncnn2C1c1cccnc1. The van der Waals surface area contributed by atoms with Gasteiger partial charge in [-0.25, -0.2) is 9.48 Å². The fraction of sp³-hybridized carbons (Fsp3) is 0.143. The zero-order chi connectivity index (χ0) is 21.9. The van der Waals surface area contributed by atoms with Crippen LogP contribution in [0.25, 0.3) is 10.6 Å². The average Bonchev–Trinajstić information content (AvgIpc) is 3.52. The number of fused-ring (bicyclic) bond motifs is 1. The van der Waals surface area contributed by atoms with Crippen LogP contribution < -0.4 is 5.32 Å². The Morgan fingerprint density at radius 1 is 1.22 bits per heavy atom. The smallest absolute Gasteiger partial charge is 0.338 e. The van der Waals surface area contributed by atoms with E-state index in [9.17, 15) is 4.79 Å². The molecule has 1 unspecified atom stereocenters. The number of anilines is 1. The Kier molecular flexibility index (Phi) is 5.65. The van der Waals surface area contributed by atoms with Gasteiger partial charge in [0.25, 0.3) is 0 Å². The monoisotopic (exact) mass is 463 g/mol. The molecule has 1 aliphatic rings. The lowest BCUT2D eigenvalue weighted by atomic mass is 9.97. The van der Waals surface area contributed by atoms with Crippen molar-refractivity contribution in [1.82, 2.24) is 29.9 Å². The molecule has 1 aromatic carbocycles. The van der Waals surface area contributed by atoms with Crippen molar-refractivity contribution in [2.45, 2.75) is 10.4 Å². The summed E-state index contributed by atoms with van der Waals surface area (Å²) in [4.78, 5) is 21.4. The first-order chi connectivity index (χ1) is 15.7. The number of hydrogen-bond donors (Lipinski definition) is 1. The fourth-order valence-corrected chi connectivity index (χ4v) is 5.25. The number of nitrogens with zero attached hydrogens (tertiary/aromatic N) is 6. The molecule has 5 rings (SSSR count). The predicted molar refractivity (Wildman–Crippen MR) is 121 cm³/mol. The van der Waals surface area contributed by atoms with Gasteiger partial charge in [0.2, 0.25) is 5.95 Å². The van der Waals surface area contributed by atoms with Gasteiger partial charge < -0.3 is 10.1 Å². The summed E-state index contributed by atoms with van der Waals surface area (Å²) in [7, 11) is 1.37. The first kappa shape index (κ1) is 20.3. The second-order valence-electron chi connectivity index (χ2n) is 6.75. The van der Waals surface area contributed by atoms with Crippen LogP contribution in [0.5, 0.6) is 0 Å². The molecule has 0 radical (unpaired) electrons. The molecular weight excluding hydrogens is 446 g/mol. The maximum Gasteiger partial charge on any atom is 0.338 e. The van der Waals surface area contributed by atoms with Crippen molar-refractivity contribution in [3.63, 3.8) is 0 Å². The van der Waals surface area contributed by atoms with Gasteiger partial charge in [0.1, 0.15) is 17.4 Å². The molecule has 32 heavy (non-hydrogen) atoms. The molecule has 0 amide bonds. The van der Waals surface area contributed by atoms with Gasteiger partial charge in [-0.15, -0.1) is 10.2 Å².